The molecule has 0 bridgehead atoms. The summed E-state index contributed by atoms with van der Waals surface area (Å²) in [6, 6.07) is 0. The molecule has 0 aliphatic rings. The van der Waals surface area contributed by atoms with Crippen molar-refractivity contribution in [3.63, 3.8) is 0 Å². The molecule has 0 unspecified atom stereocenters. The van der Waals surface area contributed by atoms with E-state index in [0.717, 1.165) is 83.5 Å². The summed E-state index contributed by atoms with van der Waals surface area (Å²) in [4.78, 5) is 38.2. The lowest BCUT2D eigenvalue weighted by Gasteiger charge is -2.18. The third kappa shape index (κ3) is 55.6. The molecule has 6 heteroatoms. The Morgan fingerprint density at radius 1 is 0.290 bits per heavy atom. The van der Waals surface area contributed by atoms with Crippen LogP contribution in [-0.2, 0) is 28.6 Å². The molecule has 0 radical (unpaired) electrons. The van der Waals surface area contributed by atoms with Gasteiger partial charge in [-0.3, -0.25) is 14.4 Å². The first kappa shape index (κ1) is 65.8. The molecule has 69 heavy (non-hydrogen) atoms. The van der Waals surface area contributed by atoms with E-state index in [1.807, 2.05) is 0 Å². The van der Waals surface area contributed by atoms with Gasteiger partial charge in [-0.2, -0.15) is 0 Å². The molecular formula is C63H110O6. The fourth-order valence-corrected chi connectivity index (χ4v) is 8.19. The lowest BCUT2D eigenvalue weighted by Crippen LogP contribution is -2.30. The fourth-order valence-electron chi connectivity index (χ4n) is 8.19. The predicted octanol–water partition coefficient (Wildman–Crippen LogP) is 19.8. The zero-order valence-corrected chi connectivity index (χ0v) is 45.6. The summed E-state index contributed by atoms with van der Waals surface area (Å²) in [5.74, 6) is -0.959. The molecule has 0 rings (SSSR count). The number of carbonyl (C=O) groups is 3. The van der Waals surface area contributed by atoms with Crippen LogP contribution in [0.25, 0.3) is 0 Å². The predicted molar refractivity (Wildman–Crippen MR) is 298 cm³/mol. The molecule has 0 aliphatic carbocycles. The van der Waals surface area contributed by atoms with Crippen molar-refractivity contribution < 1.29 is 28.6 Å². The molecule has 0 saturated carbocycles. The Balaban J connectivity index is 4.46. The van der Waals surface area contributed by atoms with Gasteiger partial charge in [-0.1, -0.05) is 235 Å². The van der Waals surface area contributed by atoms with E-state index in [2.05, 4.69) is 93.7 Å². The molecule has 0 heterocycles. The third-order valence-electron chi connectivity index (χ3n) is 12.7. The summed E-state index contributed by atoms with van der Waals surface area (Å²) in [5, 5.41) is 0. The summed E-state index contributed by atoms with van der Waals surface area (Å²) >= 11 is 0. The van der Waals surface area contributed by atoms with E-state index in [0.29, 0.717) is 19.3 Å². The standard InChI is InChI=1S/C63H110O6/c1-4-7-10-13-16-19-22-25-28-30-31-33-36-39-42-45-48-51-54-57-63(66)69-60(58-67-61(64)55-52-49-46-43-40-37-34-27-24-21-18-15-12-9-6-3)59-68-62(65)56-53-50-47-44-41-38-35-32-29-26-23-20-17-14-11-8-5-2/h18,21,25-29,34-35,38,44,47,60H,4-17,19-20,22-24,30-33,36-37,39-43,45-46,48-59H2,1-3H3/b21-18-,28-25-,29-26-,34-27-,38-35-,47-44-/t60-/m1/s1. The largest absolute Gasteiger partial charge is 0.462 e. The zero-order chi connectivity index (χ0) is 50.0. The highest BCUT2D eigenvalue weighted by molar-refractivity contribution is 5.71. The molecule has 6 nitrogen and oxygen atoms in total. The third-order valence-corrected chi connectivity index (χ3v) is 12.7. The van der Waals surface area contributed by atoms with Gasteiger partial charge in [0.15, 0.2) is 6.10 Å². The first-order valence-electron chi connectivity index (χ1n) is 29.4. The summed E-state index contributed by atoms with van der Waals surface area (Å²) in [7, 11) is 0. The minimum Gasteiger partial charge on any atom is -0.462 e. The minimum absolute atomic E-state index is 0.0984. The highest BCUT2D eigenvalue weighted by atomic mass is 16.6. The Hall–Kier alpha value is -3.15. The van der Waals surface area contributed by atoms with Crippen LogP contribution in [0.1, 0.15) is 290 Å². The van der Waals surface area contributed by atoms with Crippen molar-refractivity contribution in [1.29, 1.82) is 0 Å². The molecule has 0 aromatic rings. The van der Waals surface area contributed by atoms with E-state index < -0.39 is 6.10 Å². The summed E-state index contributed by atoms with van der Waals surface area (Å²) < 4.78 is 16.8. The quantitative estimate of drug-likeness (QED) is 0.0262. The van der Waals surface area contributed by atoms with E-state index in [-0.39, 0.29) is 37.5 Å². The monoisotopic (exact) mass is 963 g/mol. The number of unbranched alkanes of at least 4 members (excludes halogenated alkanes) is 30. The average molecular weight is 964 g/mol. The van der Waals surface area contributed by atoms with E-state index in [4.69, 9.17) is 14.2 Å². The molecule has 0 amide bonds. The molecule has 0 fully saturated rings. The summed E-state index contributed by atoms with van der Waals surface area (Å²) in [6.07, 6.45) is 73.2. The van der Waals surface area contributed by atoms with Crippen molar-refractivity contribution in [3.8, 4) is 0 Å². The van der Waals surface area contributed by atoms with Crippen LogP contribution in [0.4, 0.5) is 0 Å². The summed E-state index contributed by atoms with van der Waals surface area (Å²) in [6.45, 7) is 6.57. The topological polar surface area (TPSA) is 78.9 Å². The van der Waals surface area contributed by atoms with Gasteiger partial charge in [0.2, 0.25) is 0 Å². The van der Waals surface area contributed by atoms with Crippen LogP contribution in [-0.4, -0.2) is 37.2 Å². The van der Waals surface area contributed by atoms with E-state index in [1.54, 1.807) is 0 Å². The Bertz CT molecular complexity index is 1290. The number of esters is 3. The van der Waals surface area contributed by atoms with Crippen LogP contribution in [0, 0.1) is 0 Å². The molecule has 0 aliphatic heterocycles. The van der Waals surface area contributed by atoms with Crippen LogP contribution in [0.3, 0.4) is 0 Å². The molecule has 0 spiro atoms. The number of hydrogen-bond donors (Lipinski definition) is 0. The second-order valence-corrected chi connectivity index (χ2v) is 19.5. The molecule has 0 aromatic heterocycles. The maximum atomic E-state index is 12.9. The van der Waals surface area contributed by atoms with Crippen LogP contribution >= 0.6 is 0 Å². The highest BCUT2D eigenvalue weighted by Crippen LogP contribution is 2.15. The molecule has 0 N–H and O–H groups in total. The lowest BCUT2D eigenvalue weighted by atomic mass is 10.1. The van der Waals surface area contributed by atoms with Gasteiger partial charge in [-0.25, -0.2) is 0 Å². The van der Waals surface area contributed by atoms with Crippen molar-refractivity contribution in [2.75, 3.05) is 13.2 Å². The molecule has 398 valence electrons. The van der Waals surface area contributed by atoms with E-state index in [9.17, 15) is 14.4 Å². The Morgan fingerprint density at radius 2 is 0.536 bits per heavy atom. The van der Waals surface area contributed by atoms with Crippen molar-refractivity contribution in [3.05, 3.63) is 72.9 Å². The normalized spacial score (nSPS) is 12.6. The zero-order valence-electron chi connectivity index (χ0n) is 45.6. The van der Waals surface area contributed by atoms with Gasteiger partial charge >= 0.3 is 17.9 Å². The number of hydrogen-bond acceptors (Lipinski definition) is 6. The van der Waals surface area contributed by atoms with Crippen molar-refractivity contribution in [2.24, 2.45) is 0 Å². The van der Waals surface area contributed by atoms with Crippen molar-refractivity contribution in [1.82, 2.24) is 0 Å². The van der Waals surface area contributed by atoms with Gasteiger partial charge in [-0.05, 0) is 109 Å². The van der Waals surface area contributed by atoms with Gasteiger partial charge in [0.05, 0.1) is 0 Å². The van der Waals surface area contributed by atoms with Crippen molar-refractivity contribution in [2.45, 2.75) is 297 Å². The molecule has 1 atom stereocenters. The molecule has 0 saturated heterocycles. The Morgan fingerprint density at radius 3 is 0.913 bits per heavy atom. The van der Waals surface area contributed by atoms with Crippen LogP contribution in [0.2, 0.25) is 0 Å². The summed E-state index contributed by atoms with van der Waals surface area (Å²) in [5.41, 5.74) is 0. The maximum Gasteiger partial charge on any atom is 0.306 e. The first-order chi connectivity index (χ1) is 34.0. The second-order valence-electron chi connectivity index (χ2n) is 19.5. The Labute approximate surface area is 427 Å². The van der Waals surface area contributed by atoms with Gasteiger partial charge < -0.3 is 14.2 Å². The first-order valence-corrected chi connectivity index (χ1v) is 29.4. The minimum atomic E-state index is -0.803. The smallest absolute Gasteiger partial charge is 0.306 e. The second kappa shape index (κ2) is 57.4. The van der Waals surface area contributed by atoms with Gasteiger partial charge in [-0.15, -0.1) is 0 Å². The van der Waals surface area contributed by atoms with Crippen LogP contribution in [0.5, 0.6) is 0 Å². The van der Waals surface area contributed by atoms with E-state index in [1.165, 1.54) is 161 Å². The SMILES string of the molecule is CCCCC/C=C\C/C=C\CCCCCCCC(=O)OC[C@H](COC(=O)CCC/C=C\C/C=C\C/C=C\CCCCCCCC)OC(=O)CCCCCCCCCCC/C=C\CCCCCCCC. The average Bonchev–Trinajstić information content (AvgIpc) is 3.35. The number of allylic oxidation sites excluding steroid dienone is 12. The molecular weight excluding hydrogens is 853 g/mol. The van der Waals surface area contributed by atoms with Gasteiger partial charge in [0, 0.05) is 19.3 Å². The maximum absolute atomic E-state index is 12.9. The van der Waals surface area contributed by atoms with Crippen molar-refractivity contribution >= 4 is 17.9 Å². The fraction of sp³-hybridized carbons (Fsp3) is 0.762. The van der Waals surface area contributed by atoms with E-state index >= 15 is 0 Å². The van der Waals surface area contributed by atoms with Gasteiger partial charge in [0.25, 0.3) is 0 Å². The number of rotatable bonds is 53. The van der Waals surface area contributed by atoms with Crippen LogP contribution in [0.15, 0.2) is 72.9 Å². The Kier molecular flexibility index (Phi) is 54.8. The number of ether oxygens (including phenoxy) is 3. The molecule has 0 aromatic carbocycles. The highest BCUT2D eigenvalue weighted by Gasteiger charge is 2.19. The van der Waals surface area contributed by atoms with Crippen LogP contribution < -0.4 is 0 Å². The lowest BCUT2D eigenvalue weighted by molar-refractivity contribution is -0.167. The van der Waals surface area contributed by atoms with Gasteiger partial charge in [0.1, 0.15) is 13.2 Å². The number of carbonyl (C=O) groups excluding carboxylic acids is 3.